The van der Waals surface area contributed by atoms with Crippen molar-refractivity contribution in [3.05, 3.63) is 52.9 Å². The van der Waals surface area contributed by atoms with Gasteiger partial charge in [-0.25, -0.2) is 15.0 Å². The first-order valence-electron chi connectivity index (χ1n) is 7.13. The van der Waals surface area contributed by atoms with Crippen LogP contribution in [-0.2, 0) is 0 Å². The van der Waals surface area contributed by atoms with Gasteiger partial charge in [0.25, 0.3) is 0 Å². The zero-order valence-corrected chi connectivity index (χ0v) is 17.4. The molecule has 2 aromatic rings. The molecule has 2 atom stereocenters. The molecule has 2 unspecified atom stereocenters. The summed E-state index contributed by atoms with van der Waals surface area (Å²) in [6, 6.07) is 7.96. The summed E-state index contributed by atoms with van der Waals surface area (Å²) in [5, 5.41) is -1.66. The average Bonchev–Trinajstić information content (AvgIpc) is 2.59. The van der Waals surface area contributed by atoms with Crippen molar-refractivity contribution in [2.45, 2.75) is 27.4 Å². The molecule has 9 heteroatoms. The summed E-state index contributed by atoms with van der Waals surface area (Å²) in [6.45, 7) is 2.02. The van der Waals surface area contributed by atoms with Crippen LogP contribution in [0.4, 0.5) is 0 Å². The van der Waals surface area contributed by atoms with Gasteiger partial charge in [0, 0.05) is 0 Å². The van der Waals surface area contributed by atoms with Crippen molar-refractivity contribution in [3.8, 4) is 0 Å². The third kappa shape index (κ3) is 6.13. The molecule has 0 radical (unpaired) electrons. The van der Waals surface area contributed by atoms with Crippen molar-refractivity contribution in [2.24, 2.45) is 0 Å². The normalized spacial score (nSPS) is 14.4. The second kappa shape index (κ2) is 9.59. The molecule has 0 amide bonds. The molecular formula is C16H13Cl6N3. The fraction of sp³-hybridized carbons (Fsp3) is 0.312. The van der Waals surface area contributed by atoms with Crippen molar-refractivity contribution in [1.29, 1.82) is 0 Å². The standard InChI is InChI=1S/C16H13Cl6N3/c1-8-2-4-9(5-3-8)6-7-10-23-15(11(17)13(19)20)25-16(24-10)12(18)14(21)22/h2-7,11-14H,1H3. The third-order valence-electron chi connectivity index (χ3n) is 3.13. The maximum Gasteiger partial charge on any atom is 0.156 e. The number of aromatic nitrogens is 3. The van der Waals surface area contributed by atoms with E-state index in [4.69, 9.17) is 69.6 Å². The molecule has 0 aliphatic carbocycles. The highest BCUT2D eigenvalue weighted by atomic mass is 35.5. The maximum atomic E-state index is 6.15. The molecule has 0 saturated heterocycles. The monoisotopic (exact) mass is 457 g/mol. The number of hydrogen-bond donors (Lipinski definition) is 0. The summed E-state index contributed by atoms with van der Waals surface area (Å²) < 4.78 is 0. The number of alkyl halides is 6. The molecule has 0 saturated carbocycles. The fourth-order valence-electron chi connectivity index (χ4n) is 1.82. The molecule has 25 heavy (non-hydrogen) atoms. The Labute approximate surface area is 176 Å². The van der Waals surface area contributed by atoms with Gasteiger partial charge in [-0.1, -0.05) is 35.9 Å². The molecule has 1 aromatic carbocycles. The predicted molar refractivity (Wildman–Crippen MR) is 108 cm³/mol. The van der Waals surface area contributed by atoms with Crippen LogP contribution in [0.1, 0.15) is 39.4 Å². The molecular weight excluding hydrogens is 447 g/mol. The fourth-order valence-corrected chi connectivity index (χ4v) is 2.47. The van der Waals surface area contributed by atoms with E-state index in [0.717, 1.165) is 5.56 Å². The molecule has 1 aromatic heterocycles. The van der Waals surface area contributed by atoms with E-state index in [1.165, 1.54) is 5.56 Å². The molecule has 0 aliphatic heterocycles. The summed E-state index contributed by atoms with van der Waals surface area (Å²) in [5.74, 6) is 0.745. The van der Waals surface area contributed by atoms with Gasteiger partial charge < -0.3 is 0 Å². The zero-order valence-electron chi connectivity index (χ0n) is 12.9. The largest absolute Gasteiger partial charge is 0.215 e. The van der Waals surface area contributed by atoms with Gasteiger partial charge in [0.05, 0.1) is 0 Å². The van der Waals surface area contributed by atoms with E-state index in [2.05, 4.69) is 15.0 Å². The van der Waals surface area contributed by atoms with Gasteiger partial charge in [0.2, 0.25) is 0 Å². The summed E-state index contributed by atoms with van der Waals surface area (Å²) in [4.78, 5) is 10.9. The minimum absolute atomic E-state index is 0.199. The number of aryl methyl sites for hydroxylation is 1. The SMILES string of the molecule is Cc1ccc(C=Cc2nc(C(Cl)C(Cl)Cl)nc(C(Cl)C(Cl)Cl)n2)cc1. The van der Waals surface area contributed by atoms with Gasteiger partial charge in [-0.3, -0.25) is 0 Å². The Morgan fingerprint density at radius 3 is 1.64 bits per heavy atom. The van der Waals surface area contributed by atoms with E-state index >= 15 is 0 Å². The highest BCUT2D eigenvalue weighted by Crippen LogP contribution is 2.32. The Morgan fingerprint density at radius 1 is 0.720 bits per heavy atom. The van der Waals surface area contributed by atoms with E-state index in [9.17, 15) is 0 Å². The average molecular weight is 460 g/mol. The maximum absolute atomic E-state index is 6.15. The summed E-state index contributed by atoms with van der Waals surface area (Å²) in [5.41, 5.74) is 2.15. The molecule has 2 rings (SSSR count). The van der Waals surface area contributed by atoms with Crippen molar-refractivity contribution in [1.82, 2.24) is 15.0 Å². The Balaban J connectivity index is 2.39. The lowest BCUT2D eigenvalue weighted by Crippen LogP contribution is -2.14. The lowest BCUT2D eigenvalue weighted by atomic mass is 10.1. The van der Waals surface area contributed by atoms with Crippen LogP contribution in [0, 0.1) is 6.92 Å². The number of hydrogen-bond acceptors (Lipinski definition) is 3. The van der Waals surface area contributed by atoms with Gasteiger partial charge in [-0.15, -0.1) is 69.6 Å². The van der Waals surface area contributed by atoms with Gasteiger partial charge in [-0.05, 0) is 18.6 Å². The minimum Gasteiger partial charge on any atom is -0.215 e. The lowest BCUT2D eigenvalue weighted by Gasteiger charge is -2.13. The van der Waals surface area contributed by atoms with Crippen LogP contribution in [0.5, 0.6) is 0 Å². The van der Waals surface area contributed by atoms with E-state index < -0.39 is 20.4 Å². The number of nitrogens with zero attached hydrogens (tertiary/aromatic N) is 3. The van der Waals surface area contributed by atoms with Crippen LogP contribution in [0.15, 0.2) is 24.3 Å². The number of rotatable bonds is 6. The summed E-state index contributed by atoms with van der Waals surface area (Å²) >= 11 is 35.6. The van der Waals surface area contributed by atoms with Gasteiger partial charge in [-0.2, -0.15) is 0 Å². The summed E-state index contributed by atoms with van der Waals surface area (Å²) in [7, 11) is 0. The van der Waals surface area contributed by atoms with Crippen LogP contribution in [0.2, 0.25) is 0 Å². The Hall–Kier alpha value is -0.290. The Bertz CT molecular complexity index is 701. The molecule has 0 bridgehead atoms. The van der Waals surface area contributed by atoms with Crippen molar-refractivity contribution < 1.29 is 0 Å². The first-order chi connectivity index (χ1) is 11.8. The molecule has 134 valence electrons. The third-order valence-corrected chi connectivity index (χ3v) is 5.54. The first kappa shape index (κ1) is 21.0. The molecule has 0 aliphatic rings. The first-order valence-corrected chi connectivity index (χ1v) is 9.75. The molecule has 3 nitrogen and oxygen atoms in total. The van der Waals surface area contributed by atoms with Crippen molar-refractivity contribution >= 4 is 81.8 Å². The van der Waals surface area contributed by atoms with E-state index in [0.29, 0.717) is 5.82 Å². The zero-order chi connectivity index (χ0) is 18.6. The topological polar surface area (TPSA) is 38.7 Å². The van der Waals surface area contributed by atoms with Crippen LogP contribution in [0.3, 0.4) is 0 Å². The van der Waals surface area contributed by atoms with Crippen LogP contribution >= 0.6 is 69.6 Å². The van der Waals surface area contributed by atoms with Crippen molar-refractivity contribution in [2.75, 3.05) is 0 Å². The minimum atomic E-state index is -0.901. The van der Waals surface area contributed by atoms with E-state index in [-0.39, 0.29) is 11.6 Å². The van der Waals surface area contributed by atoms with Crippen LogP contribution in [0.25, 0.3) is 12.2 Å². The van der Waals surface area contributed by atoms with Gasteiger partial charge >= 0.3 is 0 Å². The Morgan fingerprint density at radius 2 is 1.20 bits per heavy atom. The van der Waals surface area contributed by atoms with Gasteiger partial charge in [0.1, 0.15) is 20.4 Å². The highest BCUT2D eigenvalue weighted by Gasteiger charge is 2.25. The molecule has 1 heterocycles. The summed E-state index contributed by atoms with van der Waals surface area (Å²) in [6.07, 6.45) is 3.56. The van der Waals surface area contributed by atoms with Crippen LogP contribution in [-0.4, -0.2) is 24.6 Å². The number of benzene rings is 1. The Kier molecular flexibility index (Phi) is 8.06. The second-order valence-corrected chi connectivity index (χ2v) is 8.39. The number of halogens is 6. The van der Waals surface area contributed by atoms with Crippen LogP contribution < -0.4 is 0 Å². The van der Waals surface area contributed by atoms with E-state index in [1.807, 2.05) is 37.3 Å². The molecule has 0 fully saturated rings. The lowest BCUT2D eigenvalue weighted by molar-refractivity contribution is 0.779. The highest BCUT2D eigenvalue weighted by molar-refractivity contribution is 6.48. The quantitative estimate of drug-likeness (QED) is 0.461. The molecule has 0 spiro atoms. The predicted octanol–water partition coefficient (Wildman–Crippen LogP) is 6.52. The van der Waals surface area contributed by atoms with Gasteiger partial charge in [0.15, 0.2) is 17.5 Å². The smallest absolute Gasteiger partial charge is 0.156 e. The molecule has 0 N–H and O–H groups in total. The van der Waals surface area contributed by atoms with Crippen molar-refractivity contribution in [3.63, 3.8) is 0 Å². The van der Waals surface area contributed by atoms with E-state index in [1.54, 1.807) is 6.08 Å². The second-order valence-electron chi connectivity index (χ2n) is 5.13.